The first-order valence-electron chi connectivity index (χ1n) is 5.55. The van der Waals surface area contributed by atoms with E-state index in [-0.39, 0.29) is 17.6 Å². The van der Waals surface area contributed by atoms with E-state index in [2.05, 4.69) is 31.9 Å². The molecule has 0 aliphatic heterocycles. The SMILES string of the molecule is CC(C)S(=O)(=O)CCOc1ccc(CBr)cc1Br. The predicted octanol–water partition coefficient (Wildman–Crippen LogP) is 3.55. The number of hydrogen-bond donors (Lipinski definition) is 0. The molecule has 6 heteroatoms. The van der Waals surface area contributed by atoms with E-state index in [1.165, 1.54) is 0 Å². The lowest BCUT2D eigenvalue weighted by Crippen LogP contribution is -2.22. The lowest BCUT2D eigenvalue weighted by Gasteiger charge is -2.11. The molecule has 0 aliphatic carbocycles. The van der Waals surface area contributed by atoms with Crippen molar-refractivity contribution in [1.29, 1.82) is 0 Å². The standard InChI is InChI=1S/C12H16Br2O3S/c1-9(2)18(15,16)6-5-17-12-4-3-10(8-13)7-11(12)14/h3-4,7,9H,5-6,8H2,1-2H3. The van der Waals surface area contributed by atoms with Crippen LogP contribution in [-0.2, 0) is 15.2 Å². The second-order valence-electron chi connectivity index (χ2n) is 4.16. The van der Waals surface area contributed by atoms with Crippen molar-refractivity contribution in [3.05, 3.63) is 28.2 Å². The molecule has 0 unspecified atom stereocenters. The first-order valence-corrected chi connectivity index (χ1v) is 9.18. The second kappa shape index (κ2) is 6.91. The summed E-state index contributed by atoms with van der Waals surface area (Å²) in [5, 5.41) is 0.411. The Morgan fingerprint density at radius 2 is 2.00 bits per heavy atom. The second-order valence-corrected chi connectivity index (χ2v) is 8.25. The molecule has 0 N–H and O–H groups in total. The maximum atomic E-state index is 11.6. The molecule has 0 saturated heterocycles. The van der Waals surface area contributed by atoms with Gasteiger partial charge in [0.05, 0.1) is 15.5 Å². The van der Waals surface area contributed by atoms with Crippen LogP contribution >= 0.6 is 31.9 Å². The van der Waals surface area contributed by atoms with Crippen LogP contribution in [0.1, 0.15) is 19.4 Å². The van der Waals surface area contributed by atoms with E-state index in [9.17, 15) is 8.42 Å². The number of rotatable bonds is 6. The van der Waals surface area contributed by atoms with E-state index < -0.39 is 9.84 Å². The minimum absolute atomic E-state index is 0.0390. The smallest absolute Gasteiger partial charge is 0.155 e. The highest BCUT2D eigenvalue weighted by atomic mass is 79.9. The van der Waals surface area contributed by atoms with Gasteiger partial charge in [0, 0.05) is 5.33 Å². The molecule has 0 saturated carbocycles. The molecule has 18 heavy (non-hydrogen) atoms. The minimum Gasteiger partial charge on any atom is -0.491 e. The van der Waals surface area contributed by atoms with Gasteiger partial charge in [-0.2, -0.15) is 0 Å². The quantitative estimate of drug-likeness (QED) is 0.687. The van der Waals surface area contributed by atoms with Crippen molar-refractivity contribution in [3.8, 4) is 5.75 Å². The van der Waals surface area contributed by atoms with Gasteiger partial charge in [0.2, 0.25) is 0 Å². The summed E-state index contributed by atoms with van der Waals surface area (Å²) < 4.78 is 29.5. The molecule has 3 nitrogen and oxygen atoms in total. The summed E-state index contributed by atoms with van der Waals surface area (Å²) in [6.07, 6.45) is 0. The van der Waals surface area contributed by atoms with Gasteiger partial charge in [-0.25, -0.2) is 8.42 Å². The zero-order chi connectivity index (χ0) is 13.8. The number of halogens is 2. The predicted molar refractivity (Wildman–Crippen MR) is 81.2 cm³/mol. The average molecular weight is 400 g/mol. The van der Waals surface area contributed by atoms with E-state index in [0.717, 1.165) is 15.4 Å². The summed E-state index contributed by atoms with van der Waals surface area (Å²) in [6.45, 7) is 3.53. The number of sulfone groups is 1. The van der Waals surface area contributed by atoms with Crippen molar-refractivity contribution < 1.29 is 13.2 Å². The average Bonchev–Trinajstić information content (AvgIpc) is 2.30. The van der Waals surface area contributed by atoms with E-state index in [0.29, 0.717) is 5.75 Å². The number of alkyl halides is 1. The topological polar surface area (TPSA) is 43.4 Å². The number of ether oxygens (including phenoxy) is 1. The lowest BCUT2D eigenvalue weighted by atomic mass is 10.2. The van der Waals surface area contributed by atoms with E-state index in [4.69, 9.17) is 4.74 Å². The molecule has 1 aromatic rings. The van der Waals surface area contributed by atoms with Crippen molar-refractivity contribution in [1.82, 2.24) is 0 Å². The highest BCUT2D eigenvalue weighted by molar-refractivity contribution is 9.10. The van der Waals surface area contributed by atoms with Crippen LogP contribution in [-0.4, -0.2) is 26.0 Å². The zero-order valence-corrected chi connectivity index (χ0v) is 14.3. The third kappa shape index (κ3) is 4.55. The van der Waals surface area contributed by atoms with Gasteiger partial charge in [-0.15, -0.1) is 0 Å². The molecule has 0 amide bonds. The molecule has 0 heterocycles. The Balaban J connectivity index is 2.60. The third-order valence-corrected chi connectivity index (χ3v) is 5.93. The van der Waals surface area contributed by atoms with Crippen molar-refractivity contribution >= 4 is 41.7 Å². The molecule has 0 radical (unpaired) electrons. The summed E-state index contributed by atoms with van der Waals surface area (Å²) in [7, 11) is -3.04. The Labute approximate surface area is 125 Å². The number of hydrogen-bond acceptors (Lipinski definition) is 3. The van der Waals surface area contributed by atoms with Gasteiger partial charge in [0.1, 0.15) is 12.4 Å². The van der Waals surface area contributed by atoms with E-state index in [1.807, 2.05) is 18.2 Å². The summed E-state index contributed by atoms with van der Waals surface area (Å²) in [4.78, 5) is 0. The summed E-state index contributed by atoms with van der Waals surface area (Å²) >= 11 is 6.77. The van der Waals surface area contributed by atoms with Gasteiger partial charge in [0.15, 0.2) is 9.84 Å². The fraction of sp³-hybridized carbons (Fsp3) is 0.500. The maximum Gasteiger partial charge on any atom is 0.155 e. The lowest BCUT2D eigenvalue weighted by molar-refractivity contribution is 0.338. The van der Waals surface area contributed by atoms with Crippen LogP contribution in [0, 0.1) is 0 Å². The highest BCUT2D eigenvalue weighted by Gasteiger charge is 2.16. The minimum atomic E-state index is -3.04. The normalized spacial score (nSPS) is 11.8. The first kappa shape index (κ1) is 16.0. The molecule has 1 rings (SSSR count). The van der Waals surface area contributed by atoms with Crippen LogP contribution < -0.4 is 4.74 Å². The number of benzene rings is 1. The van der Waals surface area contributed by atoms with Crippen LogP contribution in [0.25, 0.3) is 0 Å². The Morgan fingerprint density at radius 3 is 2.50 bits per heavy atom. The van der Waals surface area contributed by atoms with Crippen LogP contribution in [0.5, 0.6) is 5.75 Å². The monoisotopic (exact) mass is 398 g/mol. The fourth-order valence-electron chi connectivity index (χ4n) is 1.25. The Hall–Kier alpha value is -0.0700. The van der Waals surface area contributed by atoms with Gasteiger partial charge in [-0.3, -0.25) is 0 Å². The molecular formula is C12H16Br2O3S. The molecule has 0 fully saturated rings. The molecular weight excluding hydrogens is 384 g/mol. The van der Waals surface area contributed by atoms with E-state index in [1.54, 1.807) is 13.8 Å². The van der Waals surface area contributed by atoms with Crippen LogP contribution in [0.2, 0.25) is 0 Å². The fourth-order valence-corrected chi connectivity index (χ4v) is 2.92. The summed E-state index contributed by atoms with van der Waals surface area (Å²) in [5.74, 6) is 0.704. The maximum absolute atomic E-state index is 11.6. The van der Waals surface area contributed by atoms with E-state index >= 15 is 0 Å². The Morgan fingerprint density at radius 1 is 1.33 bits per heavy atom. The van der Waals surface area contributed by atoms with Crippen LogP contribution in [0.3, 0.4) is 0 Å². The Bertz CT molecular complexity index is 498. The third-order valence-electron chi connectivity index (χ3n) is 2.49. The zero-order valence-electron chi connectivity index (χ0n) is 10.3. The summed E-state index contributed by atoms with van der Waals surface area (Å²) in [5.41, 5.74) is 1.13. The van der Waals surface area contributed by atoms with Crippen molar-refractivity contribution in [2.24, 2.45) is 0 Å². The van der Waals surface area contributed by atoms with Crippen molar-refractivity contribution in [2.75, 3.05) is 12.4 Å². The largest absolute Gasteiger partial charge is 0.491 e. The van der Waals surface area contributed by atoms with Crippen LogP contribution in [0.4, 0.5) is 0 Å². The molecule has 102 valence electrons. The Kier molecular flexibility index (Phi) is 6.14. The molecule has 0 spiro atoms. The summed E-state index contributed by atoms with van der Waals surface area (Å²) in [6, 6.07) is 5.72. The van der Waals surface area contributed by atoms with Gasteiger partial charge in [-0.05, 0) is 47.5 Å². The van der Waals surface area contributed by atoms with Gasteiger partial charge >= 0.3 is 0 Å². The highest BCUT2D eigenvalue weighted by Crippen LogP contribution is 2.26. The molecule has 0 bridgehead atoms. The molecule has 0 aromatic heterocycles. The molecule has 0 atom stereocenters. The van der Waals surface area contributed by atoms with Gasteiger partial charge in [0.25, 0.3) is 0 Å². The van der Waals surface area contributed by atoms with Crippen molar-refractivity contribution in [3.63, 3.8) is 0 Å². The van der Waals surface area contributed by atoms with Gasteiger partial charge < -0.3 is 4.74 Å². The van der Waals surface area contributed by atoms with Crippen LogP contribution in [0.15, 0.2) is 22.7 Å². The molecule has 1 aromatic carbocycles. The van der Waals surface area contributed by atoms with Crippen molar-refractivity contribution in [2.45, 2.75) is 24.4 Å². The van der Waals surface area contributed by atoms with Gasteiger partial charge in [-0.1, -0.05) is 22.0 Å². The first-order chi connectivity index (χ1) is 8.36. The molecule has 0 aliphatic rings.